The van der Waals surface area contributed by atoms with Crippen LogP contribution in [-0.2, 0) is 11.3 Å². The number of aliphatic hydroxyl groups is 4. The van der Waals surface area contributed by atoms with Crippen LogP contribution in [0.1, 0.15) is 23.5 Å². The quantitative estimate of drug-likeness (QED) is 0.265. The number of rotatable bonds is 5. The Balaban J connectivity index is 1.77. The number of hydrogen-bond donors (Lipinski definition) is 6. The SMILES string of the molecule is Cc1ccc(C(O)Cn2c[n+]([C@@H]3O[C@H](CO)[C@@H](O)[C@H]3O)c3nc(N)[nH]c(=O)c32)cc1. The number of hydrogen-bond acceptors (Lipinski definition) is 8. The first kappa shape index (κ1) is 20.4. The van der Waals surface area contributed by atoms with Crippen molar-refractivity contribution >= 4 is 17.1 Å². The van der Waals surface area contributed by atoms with E-state index in [1.807, 2.05) is 19.1 Å². The van der Waals surface area contributed by atoms with Gasteiger partial charge in [0.05, 0.1) is 13.2 Å². The van der Waals surface area contributed by atoms with Gasteiger partial charge in [-0.05, 0) is 12.5 Å². The predicted molar refractivity (Wildman–Crippen MR) is 104 cm³/mol. The summed E-state index contributed by atoms with van der Waals surface area (Å²) in [7, 11) is 0. The number of fused-ring (bicyclic) bond motifs is 1. The van der Waals surface area contributed by atoms with Gasteiger partial charge >= 0.3 is 5.65 Å². The minimum absolute atomic E-state index is 0.0238. The maximum absolute atomic E-state index is 12.6. The standard InChI is InChI=1S/C19H23N5O6/c1-9-2-4-10(5-3-9)11(26)6-23-8-24(16-13(23)17(29)22-19(20)21-16)18-15(28)14(27)12(7-25)30-18/h2-5,8,11-12,14-15,18,25-28H,6-7H2,1H3,(H2-,20,21,22,29)/p+1/t11?,12-,14-,15-,18-/m1/s1. The Labute approximate surface area is 170 Å². The first-order chi connectivity index (χ1) is 14.3. The second kappa shape index (κ2) is 7.78. The highest BCUT2D eigenvalue weighted by Crippen LogP contribution is 2.27. The summed E-state index contributed by atoms with van der Waals surface area (Å²) in [6.07, 6.45) is -4.24. The van der Waals surface area contributed by atoms with Crippen LogP contribution in [-0.4, -0.2) is 59.9 Å². The van der Waals surface area contributed by atoms with E-state index in [0.29, 0.717) is 5.56 Å². The fourth-order valence-corrected chi connectivity index (χ4v) is 3.69. The second-order valence-corrected chi connectivity index (χ2v) is 7.45. The number of aryl methyl sites for hydroxylation is 1. The third kappa shape index (κ3) is 3.46. The molecule has 30 heavy (non-hydrogen) atoms. The first-order valence-electron chi connectivity index (χ1n) is 9.47. The van der Waals surface area contributed by atoms with Crippen LogP contribution in [0.4, 0.5) is 5.95 Å². The van der Waals surface area contributed by atoms with Crippen molar-refractivity contribution in [2.75, 3.05) is 12.3 Å². The van der Waals surface area contributed by atoms with Crippen LogP contribution in [0.25, 0.3) is 11.2 Å². The van der Waals surface area contributed by atoms with Gasteiger partial charge < -0.3 is 30.9 Å². The Morgan fingerprint density at radius 1 is 1.30 bits per heavy atom. The van der Waals surface area contributed by atoms with Gasteiger partial charge in [0.15, 0.2) is 6.33 Å². The van der Waals surface area contributed by atoms with E-state index in [4.69, 9.17) is 10.5 Å². The lowest BCUT2D eigenvalue weighted by atomic mass is 10.1. The second-order valence-electron chi connectivity index (χ2n) is 7.45. The summed E-state index contributed by atoms with van der Waals surface area (Å²) in [4.78, 5) is 19.2. The molecule has 1 aromatic carbocycles. The molecule has 11 nitrogen and oxygen atoms in total. The molecule has 0 amide bonds. The van der Waals surface area contributed by atoms with Crippen molar-refractivity contribution in [3.8, 4) is 0 Å². The van der Waals surface area contributed by atoms with Crippen molar-refractivity contribution in [3.05, 3.63) is 52.1 Å². The van der Waals surface area contributed by atoms with Crippen molar-refractivity contribution in [3.63, 3.8) is 0 Å². The summed E-state index contributed by atoms with van der Waals surface area (Å²) in [6, 6.07) is 7.35. The highest BCUT2D eigenvalue weighted by atomic mass is 16.6. The van der Waals surface area contributed by atoms with Gasteiger partial charge in [0.1, 0.15) is 24.4 Å². The Hall–Kier alpha value is -2.83. The third-order valence-corrected chi connectivity index (χ3v) is 5.31. The van der Waals surface area contributed by atoms with Gasteiger partial charge in [-0.25, -0.2) is 4.57 Å². The largest absolute Gasteiger partial charge is 0.394 e. The van der Waals surface area contributed by atoms with Crippen molar-refractivity contribution in [2.24, 2.45) is 0 Å². The molecular formula is C19H24N5O6+. The summed E-state index contributed by atoms with van der Waals surface area (Å²) < 4.78 is 8.42. The molecule has 0 aliphatic carbocycles. The molecule has 1 unspecified atom stereocenters. The number of imidazole rings is 1. The number of aromatic amines is 1. The molecule has 3 aromatic rings. The summed E-state index contributed by atoms with van der Waals surface area (Å²) >= 11 is 0. The van der Waals surface area contributed by atoms with Crippen molar-refractivity contribution in [2.45, 2.75) is 44.1 Å². The minimum Gasteiger partial charge on any atom is -0.394 e. The van der Waals surface area contributed by atoms with E-state index in [0.717, 1.165) is 5.56 Å². The molecule has 1 aliphatic heterocycles. The van der Waals surface area contributed by atoms with Crippen LogP contribution in [0, 0.1) is 6.92 Å². The maximum Gasteiger partial charge on any atom is 0.313 e. The van der Waals surface area contributed by atoms with Crippen molar-refractivity contribution in [1.29, 1.82) is 0 Å². The van der Waals surface area contributed by atoms with Crippen molar-refractivity contribution in [1.82, 2.24) is 14.5 Å². The van der Waals surface area contributed by atoms with Crippen LogP contribution in [0.3, 0.4) is 0 Å². The van der Waals surface area contributed by atoms with Gasteiger partial charge in [-0.3, -0.25) is 14.3 Å². The maximum atomic E-state index is 12.6. The number of aliphatic hydroxyl groups excluding tert-OH is 4. The lowest BCUT2D eigenvalue weighted by Gasteiger charge is -2.12. The molecule has 7 N–H and O–H groups in total. The van der Waals surface area contributed by atoms with Gasteiger partial charge in [0, 0.05) is 0 Å². The third-order valence-electron chi connectivity index (χ3n) is 5.31. The number of benzene rings is 1. The van der Waals surface area contributed by atoms with E-state index in [-0.39, 0.29) is 23.7 Å². The molecule has 1 saturated heterocycles. The highest BCUT2D eigenvalue weighted by Gasteiger charge is 2.46. The topological polar surface area (TPSA) is 171 Å². The molecule has 2 aromatic heterocycles. The lowest BCUT2D eigenvalue weighted by molar-refractivity contribution is -0.746. The fraction of sp³-hybridized carbons (Fsp3) is 0.421. The number of H-pyrrole nitrogens is 1. The van der Waals surface area contributed by atoms with Crippen LogP contribution >= 0.6 is 0 Å². The summed E-state index contributed by atoms with van der Waals surface area (Å²) in [6.45, 7) is 1.47. The van der Waals surface area contributed by atoms with E-state index >= 15 is 0 Å². The average molecular weight is 418 g/mol. The minimum atomic E-state index is -1.37. The zero-order valence-electron chi connectivity index (χ0n) is 16.2. The van der Waals surface area contributed by atoms with Crippen molar-refractivity contribution < 1.29 is 29.7 Å². The number of nitrogens with zero attached hydrogens (tertiary/aromatic N) is 3. The zero-order valence-corrected chi connectivity index (χ0v) is 16.2. The summed E-state index contributed by atoms with van der Waals surface area (Å²) in [5.74, 6) is -0.134. The molecule has 160 valence electrons. The van der Waals surface area contributed by atoms with Crippen LogP contribution in [0.15, 0.2) is 35.4 Å². The molecule has 5 atom stereocenters. The van der Waals surface area contributed by atoms with Crippen LogP contribution in [0.5, 0.6) is 0 Å². The van der Waals surface area contributed by atoms with Gasteiger partial charge in [0.2, 0.25) is 11.7 Å². The number of ether oxygens (including phenoxy) is 1. The van der Waals surface area contributed by atoms with E-state index in [1.165, 1.54) is 15.5 Å². The molecule has 0 saturated carbocycles. The van der Waals surface area contributed by atoms with Gasteiger partial charge in [-0.2, -0.15) is 0 Å². The highest BCUT2D eigenvalue weighted by molar-refractivity contribution is 5.67. The number of anilines is 1. The summed E-state index contributed by atoms with van der Waals surface area (Å²) in [5.41, 5.74) is 7.12. The van der Waals surface area contributed by atoms with E-state index in [2.05, 4.69) is 9.97 Å². The summed E-state index contributed by atoms with van der Waals surface area (Å²) in [5, 5.41) is 40.5. The molecule has 3 heterocycles. The predicted octanol–water partition coefficient (Wildman–Crippen LogP) is -1.75. The van der Waals surface area contributed by atoms with Gasteiger partial charge in [-0.15, -0.1) is 0 Å². The molecule has 0 radical (unpaired) electrons. The lowest BCUT2D eigenvalue weighted by Crippen LogP contribution is -2.46. The molecule has 1 aliphatic rings. The average Bonchev–Trinajstić information content (AvgIpc) is 3.20. The number of nitrogens with one attached hydrogen (secondary N) is 1. The normalized spacial score (nSPS) is 25.1. The van der Waals surface area contributed by atoms with Crippen LogP contribution < -0.4 is 15.9 Å². The van der Waals surface area contributed by atoms with Crippen LogP contribution in [0.2, 0.25) is 0 Å². The Morgan fingerprint density at radius 3 is 2.63 bits per heavy atom. The fourth-order valence-electron chi connectivity index (χ4n) is 3.69. The molecular weight excluding hydrogens is 394 g/mol. The monoisotopic (exact) mass is 418 g/mol. The molecule has 0 bridgehead atoms. The van der Waals surface area contributed by atoms with Gasteiger partial charge in [-0.1, -0.05) is 34.8 Å². The Bertz CT molecular complexity index is 1110. The Kier molecular flexibility index (Phi) is 5.30. The van der Waals surface area contributed by atoms with E-state index in [9.17, 15) is 25.2 Å². The molecule has 1 fully saturated rings. The smallest absolute Gasteiger partial charge is 0.313 e. The van der Waals surface area contributed by atoms with E-state index in [1.54, 1.807) is 12.1 Å². The number of nitrogens with two attached hydrogens (primary N) is 1. The van der Waals surface area contributed by atoms with E-state index < -0.39 is 42.8 Å². The number of nitrogen functional groups attached to an aromatic ring is 1. The number of aromatic nitrogens is 4. The first-order valence-corrected chi connectivity index (χ1v) is 9.47. The Morgan fingerprint density at radius 2 is 2.00 bits per heavy atom. The molecule has 0 spiro atoms. The molecule has 4 rings (SSSR count). The zero-order chi connectivity index (χ0) is 21.6. The molecule has 11 heteroatoms. The van der Waals surface area contributed by atoms with Gasteiger partial charge in [0.25, 0.3) is 11.5 Å².